The number of likely N-dealkylation sites (tertiary alicyclic amines) is 1. The smallest absolute Gasteiger partial charge is 0.241 e. The minimum absolute atomic E-state index is 0. The highest BCUT2D eigenvalue weighted by molar-refractivity contribution is 5.88. The molecule has 0 atom stereocenters. The normalized spacial score (nSPS) is 15.0. The van der Waals surface area contributed by atoms with Crippen LogP contribution in [0.5, 0.6) is 0 Å². The molecular weight excluding hydrogens is 266 g/mol. The molecule has 19 heavy (non-hydrogen) atoms. The van der Waals surface area contributed by atoms with E-state index in [2.05, 4.69) is 5.32 Å². The van der Waals surface area contributed by atoms with Gasteiger partial charge in [0.25, 0.3) is 0 Å². The topological polar surface area (TPSA) is 75.4 Å². The number of amides is 2. The number of hydrogen-bond donors (Lipinski definition) is 2. The van der Waals surface area contributed by atoms with E-state index >= 15 is 0 Å². The summed E-state index contributed by atoms with van der Waals surface area (Å²) in [5.41, 5.74) is 5.18. The summed E-state index contributed by atoms with van der Waals surface area (Å²) in [6.07, 6.45) is 3.53. The van der Waals surface area contributed by atoms with Crippen molar-refractivity contribution in [1.82, 2.24) is 10.2 Å². The third-order valence-electron chi connectivity index (χ3n) is 4.08. The molecule has 1 rings (SSSR count). The zero-order valence-corrected chi connectivity index (χ0v) is 12.7. The molecule has 1 aliphatic heterocycles. The van der Waals surface area contributed by atoms with Gasteiger partial charge in [0.05, 0.1) is 12.0 Å². The average Bonchev–Trinajstić information content (AvgIpc) is 2.92. The Morgan fingerprint density at radius 3 is 2.16 bits per heavy atom. The van der Waals surface area contributed by atoms with Gasteiger partial charge in [-0.3, -0.25) is 9.59 Å². The molecule has 112 valence electrons. The third kappa shape index (κ3) is 4.35. The Hall–Kier alpha value is -0.810. The first kappa shape index (κ1) is 18.2. The standard InChI is InChI=1S/C13H25N3O2.ClH/c1-3-13(4-2,10-14)12(18)15-9-11(17)16-7-5-6-8-16;/h3-10,14H2,1-2H3,(H,15,18);1H. The van der Waals surface area contributed by atoms with Gasteiger partial charge >= 0.3 is 0 Å². The van der Waals surface area contributed by atoms with Crippen molar-refractivity contribution in [3.63, 3.8) is 0 Å². The number of nitrogens with one attached hydrogen (secondary N) is 1. The third-order valence-corrected chi connectivity index (χ3v) is 4.08. The Bertz CT molecular complexity index is 292. The molecule has 0 radical (unpaired) electrons. The quantitative estimate of drug-likeness (QED) is 0.764. The second kappa shape index (κ2) is 8.38. The lowest BCUT2D eigenvalue weighted by atomic mass is 9.81. The van der Waals surface area contributed by atoms with Crippen LogP contribution in [0.3, 0.4) is 0 Å². The second-order valence-electron chi connectivity index (χ2n) is 4.96. The highest BCUT2D eigenvalue weighted by Crippen LogP contribution is 2.24. The van der Waals surface area contributed by atoms with E-state index in [0.29, 0.717) is 19.4 Å². The van der Waals surface area contributed by atoms with Crippen LogP contribution < -0.4 is 11.1 Å². The number of nitrogens with two attached hydrogens (primary N) is 1. The first-order valence-electron chi connectivity index (χ1n) is 6.85. The fraction of sp³-hybridized carbons (Fsp3) is 0.846. The highest BCUT2D eigenvalue weighted by Gasteiger charge is 2.33. The maximum absolute atomic E-state index is 12.1. The monoisotopic (exact) mass is 291 g/mol. The van der Waals surface area contributed by atoms with Gasteiger partial charge < -0.3 is 16.0 Å². The van der Waals surface area contributed by atoms with Crippen molar-refractivity contribution in [2.45, 2.75) is 39.5 Å². The van der Waals surface area contributed by atoms with E-state index in [1.54, 1.807) is 0 Å². The number of nitrogens with zero attached hydrogens (tertiary/aromatic N) is 1. The molecule has 0 saturated carbocycles. The molecule has 0 aliphatic carbocycles. The van der Waals surface area contributed by atoms with Gasteiger partial charge in [-0.15, -0.1) is 12.4 Å². The molecule has 0 bridgehead atoms. The fourth-order valence-corrected chi connectivity index (χ4v) is 2.37. The van der Waals surface area contributed by atoms with Gasteiger partial charge in [-0.05, 0) is 25.7 Å². The highest BCUT2D eigenvalue weighted by atomic mass is 35.5. The van der Waals surface area contributed by atoms with E-state index < -0.39 is 5.41 Å². The van der Waals surface area contributed by atoms with E-state index in [9.17, 15) is 9.59 Å². The van der Waals surface area contributed by atoms with Crippen LogP contribution >= 0.6 is 12.4 Å². The Labute approximate surface area is 121 Å². The summed E-state index contributed by atoms with van der Waals surface area (Å²) in [5, 5.41) is 2.74. The molecule has 0 unspecified atom stereocenters. The SMILES string of the molecule is CCC(CC)(CN)C(=O)NCC(=O)N1CCCC1.Cl. The Morgan fingerprint density at radius 2 is 1.74 bits per heavy atom. The van der Waals surface area contributed by atoms with E-state index in [1.807, 2.05) is 18.7 Å². The van der Waals surface area contributed by atoms with Gasteiger partial charge in [-0.1, -0.05) is 13.8 Å². The molecule has 0 aromatic heterocycles. The molecule has 1 aliphatic rings. The molecule has 1 saturated heterocycles. The lowest BCUT2D eigenvalue weighted by Gasteiger charge is -2.28. The van der Waals surface area contributed by atoms with Gasteiger partial charge in [-0.2, -0.15) is 0 Å². The van der Waals surface area contributed by atoms with Crippen LogP contribution in [0, 0.1) is 5.41 Å². The molecule has 5 nitrogen and oxygen atoms in total. The lowest BCUT2D eigenvalue weighted by Crippen LogP contribution is -2.48. The second-order valence-corrected chi connectivity index (χ2v) is 4.96. The van der Waals surface area contributed by atoms with Gasteiger partial charge in [-0.25, -0.2) is 0 Å². The summed E-state index contributed by atoms with van der Waals surface area (Å²) in [6.45, 7) is 5.97. The largest absolute Gasteiger partial charge is 0.347 e. The van der Waals surface area contributed by atoms with Crippen molar-refractivity contribution in [1.29, 1.82) is 0 Å². The molecule has 0 aromatic carbocycles. The zero-order valence-electron chi connectivity index (χ0n) is 11.9. The lowest BCUT2D eigenvalue weighted by molar-refractivity contribution is -0.136. The zero-order chi connectivity index (χ0) is 13.6. The Morgan fingerprint density at radius 1 is 1.21 bits per heavy atom. The fourth-order valence-electron chi connectivity index (χ4n) is 2.37. The molecule has 2 amide bonds. The molecular formula is C13H26ClN3O2. The number of halogens is 1. The minimum Gasteiger partial charge on any atom is -0.347 e. The van der Waals surface area contributed by atoms with Crippen LogP contribution in [0.1, 0.15) is 39.5 Å². The maximum Gasteiger partial charge on any atom is 0.241 e. The molecule has 1 fully saturated rings. The first-order valence-corrected chi connectivity index (χ1v) is 6.85. The predicted molar refractivity (Wildman–Crippen MR) is 78.1 cm³/mol. The van der Waals surface area contributed by atoms with Crippen molar-refractivity contribution in [3.8, 4) is 0 Å². The summed E-state index contributed by atoms with van der Waals surface area (Å²) in [6, 6.07) is 0. The van der Waals surface area contributed by atoms with Crippen molar-refractivity contribution < 1.29 is 9.59 Å². The van der Waals surface area contributed by atoms with Crippen molar-refractivity contribution >= 4 is 24.2 Å². The van der Waals surface area contributed by atoms with E-state index in [1.165, 1.54) is 0 Å². The van der Waals surface area contributed by atoms with E-state index in [0.717, 1.165) is 25.9 Å². The summed E-state index contributed by atoms with van der Waals surface area (Å²) >= 11 is 0. The van der Waals surface area contributed by atoms with Crippen LogP contribution in [0.4, 0.5) is 0 Å². The van der Waals surface area contributed by atoms with Crippen LogP contribution in [-0.2, 0) is 9.59 Å². The van der Waals surface area contributed by atoms with Gasteiger partial charge in [0, 0.05) is 19.6 Å². The maximum atomic E-state index is 12.1. The summed E-state index contributed by atoms with van der Waals surface area (Å²) < 4.78 is 0. The van der Waals surface area contributed by atoms with Gasteiger partial charge in [0.1, 0.15) is 0 Å². The molecule has 6 heteroatoms. The molecule has 1 heterocycles. The molecule has 0 spiro atoms. The average molecular weight is 292 g/mol. The van der Waals surface area contributed by atoms with Crippen LogP contribution in [-0.4, -0.2) is 42.9 Å². The number of hydrogen-bond acceptors (Lipinski definition) is 3. The summed E-state index contributed by atoms with van der Waals surface area (Å²) in [4.78, 5) is 25.7. The number of carbonyl (C=O) groups is 2. The van der Waals surface area contributed by atoms with Crippen LogP contribution in [0.15, 0.2) is 0 Å². The van der Waals surface area contributed by atoms with E-state index in [4.69, 9.17) is 5.73 Å². The van der Waals surface area contributed by atoms with Gasteiger partial charge in [0.2, 0.25) is 11.8 Å². The van der Waals surface area contributed by atoms with Crippen molar-refractivity contribution in [2.75, 3.05) is 26.2 Å². The minimum atomic E-state index is -0.523. The molecule has 3 N–H and O–H groups in total. The number of rotatable bonds is 6. The Kier molecular flexibility index (Phi) is 8.02. The molecule has 0 aromatic rings. The number of carbonyl (C=O) groups excluding carboxylic acids is 2. The summed E-state index contributed by atoms with van der Waals surface area (Å²) in [7, 11) is 0. The predicted octanol–water partition coefficient (Wildman–Crippen LogP) is 0.912. The van der Waals surface area contributed by atoms with E-state index in [-0.39, 0.29) is 30.8 Å². The Balaban J connectivity index is 0.00000324. The van der Waals surface area contributed by atoms with Crippen molar-refractivity contribution in [2.24, 2.45) is 11.1 Å². The van der Waals surface area contributed by atoms with Crippen LogP contribution in [0.25, 0.3) is 0 Å². The summed E-state index contributed by atoms with van der Waals surface area (Å²) in [5.74, 6) is -0.0819. The van der Waals surface area contributed by atoms with Gasteiger partial charge in [0.15, 0.2) is 0 Å². The van der Waals surface area contributed by atoms with Crippen molar-refractivity contribution in [3.05, 3.63) is 0 Å². The first-order chi connectivity index (χ1) is 8.59. The van der Waals surface area contributed by atoms with Crippen LogP contribution in [0.2, 0.25) is 0 Å².